The molecule has 1 heterocycles. The van der Waals surface area contributed by atoms with Crippen LogP contribution in [0, 0.1) is 10.1 Å². The van der Waals surface area contributed by atoms with Crippen LogP contribution in [0.5, 0.6) is 0 Å². The quantitative estimate of drug-likeness (QED) is 0.484. The van der Waals surface area contributed by atoms with Crippen molar-refractivity contribution in [2.75, 3.05) is 0 Å². The van der Waals surface area contributed by atoms with E-state index in [2.05, 4.69) is 10.2 Å². The molecule has 1 aromatic rings. The number of non-ortho nitro benzene ring substituents is 1. The molecular formula is C7H3N3O3. The Labute approximate surface area is 72.1 Å². The lowest BCUT2D eigenvalue weighted by molar-refractivity contribution is -0.384. The lowest BCUT2D eigenvalue weighted by Crippen LogP contribution is -1.92. The van der Waals surface area contributed by atoms with Gasteiger partial charge in [-0.25, -0.2) is 0 Å². The van der Waals surface area contributed by atoms with E-state index in [1.54, 1.807) is 0 Å². The number of hydrogen-bond acceptors (Lipinski definition) is 4. The number of rotatable bonds is 1. The van der Waals surface area contributed by atoms with Crippen molar-refractivity contribution in [3.8, 4) is 0 Å². The molecule has 0 aromatic heterocycles. The second-order valence-corrected chi connectivity index (χ2v) is 2.46. The van der Waals surface area contributed by atoms with Gasteiger partial charge in [-0.15, -0.1) is 10.2 Å². The Balaban J connectivity index is 2.57. The van der Waals surface area contributed by atoms with Crippen molar-refractivity contribution in [1.82, 2.24) is 0 Å². The average Bonchev–Trinajstić information content (AvgIpc) is 2.47. The summed E-state index contributed by atoms with van der Waals surface area (Å²) in [5.41, 5.74) is 0.448. The molecule has 0 unspecified atom stereocenters. The number of azo groups is 1. The summed E-state index contributed by atoms with van der Waals surface area (Å²) in [4.78, 5) is 20.7. The summed E-state index contributed by atoms with van der Waals surface area (Å²) in [5, 5.41) is 17.1. The molecule has 1 aromatic carbocycles. The Kier molecular flexibility index (Phi) is 1.42. The van der Waals surface area contributed by atoms with Gasteiger partial charge >= 0.3 is 0 Å². The van der Waals surface area contributed by atoms with Gasteiger partial charge in [-0.1, -0.05) is 0 Å². The molecule has 6 heteroatoms. The second-order valence-electron chi connectivity index (χ2n) is 2.46. The smallest absolute Gasteiger partial charge is 0.265 e. The third-order valence-corrected chi connectivity index (χ3v) is 1.67. The first-order chi connectivity index (χ1) is 6.18. The Bertz CT molecular complexity index is 439. The molecule has 0 atom stereocenters. The summed E-state index contributed by atoms with van der Waals surface area (Å²) >= 11 is 0. The zero-order chi connectivity index (χ0) is 9.42. The van der Waals surface area contributed by atoms with Crippen molar-refractivity contribution >= 4 is 17.3 Å². The van der Waals surface area contributed by atoms with E-state index < -0.39 is 10.8 Å². The van der Waals surface area contributed by atoms with Gasteiger partial charge in [0.25, 0.3) is 11.6 Å². The minimum atomic E-state index is -0.564. The molecule has 0 aliphatic carbocycles. The molecule has 1 aliphatic rings. The first kappa shape index (κ1) is 7.53. The molecule has 13 heavy (non-hydrogen) atoms. The van der Waals surface area contributed by atoms with Crippen LogP contribution in [0.4, 0.5) is 11.4 Å². The van der Waals surface area contributed by atoms with Crippen LogP contribution in [0.1, 0.15) is 10.4 Å². The highest BCUT2D eigenvalue weighted by Crippen LogP contribution is 2.29. The van der Waals surface area contributed by atoms with Crippen molar-refractivity contribution < 1.29 is 9.72 Å². The van der Waals surface area contributed by atoms with Crippen molar-refractivity contribution in [2.45, 2.75) is 0 Å². The minimum Gasteiger partial charge on any atom is -0.265 e. The first-order valence-electron chi connectivity index (χ1n) is 3.43. The Morgan fingerprint density at radius 1 is 1.31 bits per heavy atom. The van der Waals surface area contributed by atoms with Crippen LogP contribution < -0.4 is 0 Å². The number of amides is 1. The number of hydrogen-bond donors (Lipinski definition) is 0. The van der Waals surface area contributed by atoms with Gasteiger partial charge in [0, 0.05) is 12.1 Å². The monoisotopic (exact) mass is 177 g/mol. The SMILES string of the molecule is O=C1N=Nc2ccc([N+](=O)[O-])cc21. The van der Waals surface area contributed by atoms with E-state index in [4.69, 9.17) is 0 Å². The molecule has 2 rings (SSSR count). The third-order valence-electron chi connectivity index (χ3n) is 1.67. The zero-order valence-corrected chi connectivity index (χ0v) is 6.30. The molecule has 1 aliphatic heterocycles. The predicted molar refractivity (Wildman–Crippen MR) is 41.9 cm³/mol. The van der Waals surface area contributed by atoms with Crippen molar-refractivity contribution in [3.05, 3.63) is 33.9 Å². The summed E-state index contributed by atoms with van der Waals surface area (Å²) in [6.07, 6.45) is 0. The maximum Gasteiger partial charge on any atom is 0.297 e. The predicted octanol–water partition coefficient (Wildman–Crippen LogP) is 1.83. The van der Waals surface area contributed by atoms with E-state index in [1.807, 2.05) is 0 Å². The zero-order valence-electron chi connectivity index (χ0n) is 6.30. The van der Waals surface area contributed by atoms with Crippen LogP contribution in [-0.2, 0) is 0 Å². The molecule has 0 fully saturated rings. The van der Waals surface area contributed by atoms with Gasteiger partial charge in [0.1, 0.15) is 0 Å². The number of benzene rings is 1. The molecule has 6 nitrogen and oxygen atoms in total. The fourth-order valence-corrected chi connectivity index (χ4v) is 1.05. The molecule has 1 amide bonds. The van der Waals surface area contributed by atoms with Crippen LogP contribution in [0.25, 0.3) is 0 Å². The minimum absolute atomic E-state index is 0.126. The fraction of sp³-hybridized carbons (Fsp3) is 0. The van der Waals surface area contributed by atoms with Crippen LogP contribution in [0.2, 0.25) is 0 Å². The highest BCUT2D eigenvalue weighted by atomic mass is 16.6. The summed E-state index contributed by atoms with van der Waals surface area (Å²) in [6, 6.07) is 3.87. The summed E-state index contributed by atoms with van der Waals surface area (Å²) < 4.78 is 0. The fourth-order valence-electron chi connectivity index (χ4n) is 1.05. The largest absolute Gasteiger partial charge is 0.297 e. The summed E-state index contributed by atoms with van der Waals surface area (Å²) in [5.74, 6) is -0.529. The first-order valence-corrected chi connectivity index (χ1v) is 3.43. The molecule has 0 bridgehead atoms. The average molecular weight is 177 g/mol. The van der Waals surface area contributed by atoms with Gasteiger partial charge in [0.2, 0.25) is 0 Å². The van der Waals surface area contributed by atoms with Gasteiger partial charge < -0.3 is 0 Å². The number of fused-ring (bicyclic) bond motifs is 1. The van der Waals surface area contributed by atoms with Gasteiger partial charge in [-0.05, 0) is 6.07 Å². The Morgan fingerprint density at radius 3 is 2.77 bits per heavy atom. The third kappa shape index (κ3) is 1.08. The van der Waals surface area contributed by atoms with E-state index in [0.717, 1.165) is 0 Å². The maximum atomic E-state index is 11.0. The molecule has 0 spiro atoms. The van der Waals surface area contributed by atoms with Crippen molar-refractivity contribution in [1.29, 1.82) is 0 Å². The summed E-state index contributed by atoms with van der Waals surface area (Å²) in [7, 11) is 0. The Hall–Kier alpha value is -2.11. The van der Waals surface area contributed by atoms with Crippen molar-refractivity contribution in [2.24, 2.45) is 10.2 Å². The van der Waals surface area contributed by atoms with Crippen molar-refractivity contribution in [3.63, 3.8) is 0 Å². The van der Waals surface area contributed by atoms with E-state index in [1.165, 1.54) is 18.2 Å². The van der Waals surface area contributed by atoms with E-state index in [9.17, 15) is 14.9 Å². The second kappa shape index (κ2) is 2.44. The molecular weight excluding hydrogens is 174 g/mol. The van der Waals surface area contributed by atoms with Gasteiger partial charge in [-0.2, -0.15) is 0 Å². The van der Waals surface area contributed by atoms with Crippen LogP contribution >= 0.6 is 0 Å². The van der Waals surface area contributed by atoms with Gasteiger partial charge in [0.15, 0.2) is 0 Å². The highest BCUT2D eigenvalue weighted by Gasteiger charge is 2.20. The van der Waals surface area contributed by atoms with Crippen LogP contribution in [-0.4, -0.2) is 10.8 Å². The maximum absolute atomic E-state index is 11.0. The van der Waals surface area contributed by atoms with E-state index >= 15 is 0 Å². The summed E-state index contributed by atoms with van der Waals surface area (Å²) in [6.45, 7) is 0. The highest BCUT2D eigenvalue weighted by molar-refractivity contribution is 6.02. The normalized spacial score (nSPS) is 13.1. The van der Waals surface area contributed by atoms with Gasteiger partial charge in [0.05, 0.1) is 16.2 Å². The number of carbonyl (C=O) groups excluding carboxylic acids is 1. The van der Waals surface area contributed by atoms with E-state index in [0.29, 0.717) is 5.69 Å². The van der Waals surface area contributed by atoms with Gasteiger partial charge in [-0.3, -0.25) is 14.9 Å². The van der Waals surface area contributed by atoms with E-state index in [-0.39, 0.29) is 11.3 Å². The molecule has 0 saturated heterocycles. The van der Waals surface area contributed by atoms with Crippen LogP contribution in [0.15, 0.2) is 28.4 Å². The number of nitro groups is 1. The molecule has 0 radical (unpaired) electrons. The lowest BCUT2D eigenvalue weighted by Gasteiger charge is -1.92. The topological polar surface area (TPSA) is 84.9 Å². The molecule has 0 saturated carbocycles. The molecule has 64 valence electrons. The van der Waals surface area contributed by atoms with Crippen LogP contribution in [0.3, 0.4) is 0 Å². The number of carbonyl (C=O) groups is 1. The number of nitrogens with zero attached hydrogens (tertiary/aromatic N) is 3. The Morgan fingerprint density at radius 2 is 2.08 bits per heavy atom. The lowest BCUT2D eigenvalue weighted by atomic mass is 10.1. The standard InChI is InChI=1S/C7H3N3O3/c11-7-5-3-4(10(12)13)1-2-6(5)8-9-7/h1-3H. The number of nitro benzene ring substituents is 1. The molecule has 0 N–H and O–H groups in total.